The number of fused-ring (bicyclic) bond motifs is 1. The lowest BCUT2D eigenvalue weighted by atomic mass is 9.86. The highest BCUT2D eigenvalue weighted by Gasteiger charge is 2.22. The minimum atomic E-state index is -0.321. The lowest BCUT2D eigenvalue weighted by Crippen LogP contribution is -2.11. The number of hydrogen-bond donors (Lipinski definition) is 0. The quantitative estimate of drug-likeness (QED) is 0.411. The Balaban J connectivity index is 1.87. The molecule has 0 aliphatic carbocycles. The molecule has 4 aromatic rings. The number of ether oxygens (including phenoxy) is 2. The van der Waals surface area contributed by atoms with Gasteiger partial charge in [-0.2, -0.15) is 0 Å². The van der Waals surface area contributed by atoms with Gasteiger partial charge in [-0.3, -0.25) is 9.78 Å². The smallest absolute Gasteiger partial charge is 0.310 e. The minimum absolute atomic E-state index is 0.112. The van der Waals surface area contributed by atoms with Crippen LogP contribution in [0.25, 0.3) is 32.8 Å². The van der Waals surface area contributed by atoms with Gasteiger partial charge in [-0.25, -0.2) is 4.39 Å². The number of aryl methyl sites for hydroxylation is 1. The van der Waals surface area contributed by atoms with Crippen molar-refractivity contribution in [2.75, 3.05) is 13.2 Å². The number of pyridine rings is 1. The molecule has 5 heteroatoms. The van der Waals surface area contributed by atoms with E-state index in [1.54, 1.807) is 19.2 Å². The molecule has 0 N–H and O–H groups in total. The van der Waals surface area contributed by atoms with Crippen molar-refractivity contribution in [1.29, 1.82) is 0 Å². The van der Waals surface area contributed by atoms with E-state index in [9.17, 15) is 9.18 Å². The fourth-order valence-electron chi connectivity index (χ4n) is 4.55. The van der Waals surface area contributed by atoms with Crippen LogP contribution in [0.1, 0.15) is 23.6 Å². The van der Waals surface area contributed by atoms with Gasteiger partial charge < -0.3 is 9.47 Å². The zero-order chi connectivity index (χ0) is 21.5. The number of carbonyl (C=O) groups excluding carboxylic acids is 1. The third-order valence-corrected chi connectivity index (χ3v) is 5.90. The summed E-state index contributed by atoms with van der Waals surface area (Å²) in [7, 11) is 0. The highest BCUT2D eigenvalue weighted by atomic mass is 19.1. The van der Waals surface area contributed by atoms with E-state index in [0.29, 0.717) is 13.2 Å². The van der Waals surface area contributed by atoms with Gasteiger partial charge in [-0.1, -0.05) is 12.1 Å². The van der Waals surface area contributed by atoms with Crippen molar-refractivity contribution < 1.29 is 18.7 Å². The van der Waals surface area contributed by atoms with Crippen LogP contribution in [0.4, 0.5) is 4.39 Å². The molecule has 0 fully saturated rings. The molecular formula is C26H22FNO3. The Bertz CT molecular complexity index is 1340. The maximum atomic E-state index is 14.3. The third-order valence-electron chi connectivity index (χ3n) is 5.90. The Hall–Kier alpha value is -3.47. The number of esters is 1. The molecule has 2 heterocycles. The molecule has 0 amide bonds. The molecule has 0 spiro atoms. The van der Waals surface area contributed by atoms with Crippen LogP contribution in [-0.2, 0) is 22.4 Å². The van der Waals surface area contributed by atoms with Gasteiger partial charge in [0.05, 0.1) is 25.2 Å². The molecule has 0 saturated carbocycles. The molecule has 3 aromatic carbocycles. The maximum Gasteiger partial charge on any atom is 0.310 e. The summed E-state index contributed by atoms with van der Waals surface area (Å²) < 4.78 is 25.4. The number of hydrogen-bond acceptors (Lipinski definition) is 4. The lowest BCUT2D eigenvalue weighted by molar-refractivity contribution is -0.142. The van der Waals surface area contributed by atoms with Gasteiger partial charge in [0.25, 0.3) is 0 Å². The van der Waals surface area contributed by atoms with Crippen LogP contribution in [0.3, 0.4) is 0 Å². The van der Waals surface area contributed by atoms with Gasteiger partial charge in [0.1, 0.15) is 11.6 Å². The summed E-state index contributed by atoms with van der Waals surface area (Å²) in [4.78, 5) is 17.1. The van der Waals surface area contributed by atoms with E-state index in [4.69, 9.17) is 9.47 Å². The average Bonchev–Trinajstić information content (AvgIpc) is 2.76. The second-order valence-corrected chi connectivity index (χ2v) is 7.80. The molecule has 0 bridgehead atoms. The molecule has 4 nitrogen and oxygen atoms in total. The van der Waals surface area contributed by atoms with Crippen molar-refractivity contribution in [2.45, 2.75) is 26.7 Å². The molecule has 1 aromatic heterocycles. The Morgan fingerprint density at radius 2 is 2.06 bits per heavy atom. The molecule has 0 radical (unpaired) electrons. The van der Waals surface area contributed by atoms with Gasteiger partial charge in [-0.05, 0) is 77.2 Å². The van der Waals surface area contributed by atoms with E-state index < -0.39 is 0 Å². The van der Waals surface area contributed by atoms with Crippen LogP contribution in [-0.4, -0.2) is 24.2 Å². The van der Waals surface area contributed by atoms with Crippen molar-refractivity contribution in [3.05, 3.63) is 71.2 Å². The Kier molecular flexibility index (Phi) is 4.81. The number of rotatable bonds is 4. The molecule has 0 unspecified atom stereocenters. The van der Waals surface area contributed by atoms with E-state index in [1.807, 2.05) is 31.2 Å². The van der Waals surface area contributed by atoms with Crippen molar-refractivity contribution in [3.63, 3.8) is 0 Å². The summed E-state index contributed by atoms with van der Waals surface area (Å²) in [5.74, 6) is 0.184. The van der Waals surface area contributed by atoms with Crippen LogP contribution in [0.15, 0.2) is 48.7 Å². The summed E-state index contributed by atoms with van der Waals surface area (Å²) in [5.41, 5.74) is 5.46. The average molecular weight is 415 g/mol. The predicted octanol–water partition coefficient (Wildman–Crippen LogP) is 5.54. The van der Waals surface area contributed by atoms with Gasteiger partial charge >= 0.3 is 5.97 Å². The van der Waals surface area contributed by atoms with E-state index in [1.165, 1.54) is 17.7 Å². The van der Waals surface area contributed by atoms with Crippen molar-refractivity contribution in [1.82, 2.24) is 4.98 Å². The fraction of sp³-hybridized carbons (Fsp3) is 0.231. The predicted molar refractivity (Wildman–Crippen MR) is 119 cm³/mol. The fourth-order valence-corrected chi connectivity index (χ4v) is 4.55. The van der Waals surface area contributed by atoms with Crippen molar-refractivity contribution >= 4 is 27.6 Å². The van der Waals surface area contributed by atoms with Crippen molar-refractivity contribution in [3.8, 4) is 16.9 Å². The first-order chi connectivity index (χ1) is 15.1. The summed E-state index contributed by atoms with van der Waals surface area (Å²) >= 11 is 0. The molecule has 1 aliphatic rings. The van der Waals surface area contributed by atoms with Gasteiger partial charge in [0.2, 0.25) is 0 Å². The number of aromatic nitrogens is 1. The Morgan fingerprint density at radius 3 is 2.90 bits per heavy atom. The monoisotopic (exact) mass is 415 g/mol. The van der Waals surface area contributed by atoms with E-state index in [2.05, 4.69) is 4.98 Å². The Morgan fingerprint density at radius 1 is 1.19 bits per heavy atom. The topological polar surface area (TPSA) is 48.4 Å². The first-order valence-corrected chi connectivity index (χ1v) is 10.5. The first kappa shape index (κ1) is 19.5. The van der Waals surface area contributed by atoms with Crippen LogP contribution in [0.2, 0.25) is 0 Å². The second-order valence-electron chi connectivity index (χ2n) is 7.80. The minimum Gasteiger partial charge on any atom is -0.493 e. The molecule has 5 rings (SSSR count). The zero-order valence-corrected chi connectivity index (χ0v) is 17.5. The highest BCUT2D eigenvalue weighted by Crippen LogP contribution is 2.42. The molecule has 0 atom stereocenters. The normalized spacial score (nSPS) is 12.7. The van der Waals surface area contributed by atoms with E-state index in [0.717, 1.165) is 56.1 Å². The van der Waals surface area contributed by atoms with Crippen LogP contribution >= 0.6 is 0 Å². The Labute approximate surface area is 179 Å². The van der Waals surface area contributed by atoms with Crippen LogP contribution in [0, 0.1) is 12.7 Å². The van der Waals surface area contributed by atoms with Crippen LogP contribution in [0.5, 0.6) is 5.75 Å². The maximum absolute atomic E-state index is 14.3. The molecule has 0 saturated heterocycles. The van der Waals surface area contributed by atoms with Crippen LogP contribution < -0.4 is 4.74 Å². The number of halogens is 1. The highest BCUT2D eigenvalue weighted by molar-refractivity contribution is 6.08. The van der Waals surface area contributed by atoms with Gasteiger partial charge in [0.15, 0.2) is 0 Å². The number of carbonyl (C=O) groups is 1. The molecular weight excluding hydrogens is 393 g/mol. The SMILES string of the molecule is CCOC(=O)Cc1c(C)cc2ccc(F)cc2c1-c1ccc2c3c(ccnc13)CCO2. The second kappa shape index (κ2) is 7.65. The van der Waals surface area contributed by atoms with Crippen molar-refractivity contribution in [2.24, 2.45) is 0 Å². The molecule has 31 heavy (non-hydrogen) atoms. The van der Waals surface area contributed by atoms with Gasteiger partial charge in [0, 0.05) is 23.6 Å². The first-order valence-electron chi connectivity index (χ1n) is 10.5. The number of nitrogens with zero attached hydrogens (tertiary/aromatic N) is 1. The van der Waals surface area contributed by atoms with E-state index in [-0.39, 0.29) is 18.2 Å². The summed E-state index contributed by atoms with van der Waals surface area (Å²) in [6, 6.07) is 12.7. The lowest BCUT2D eigenvalue weighted by Gasteiger charge is -2.22. The van der Waals surface area contributed by atoms with Gasteiger partial charge in [-0.15, -0.1) is 0 Å². The third kappa shape index (κ3) is 3.30. The molecule has 1 aliphatic heterocycles. The standard InChI is InChI=1S/C26H22FNO3/c1-3-30-23(29)14-20-15(2)12-17-4-5-18(27)13-21(17)25(20)19-6-7-22-24-16(9-11-31-22)8-10-28-26(19)24/h4-8,10,12-13H,3,9,11,14H2,1-2H3. The molecule has 156 valence electrons. The summed E-state index contributed by atoms with van der Waals surface area (Å²) in [6.45, 7) is 4.72. The zero-order valence-electron chi connectivity index (χ0n) is 17.5. The summed E-state index contributed by atoms with van der Waals surface area (Å²) in [6.07, 6.45) is 2.73. The van der Waals surface area contributed by atoms with E-state index >= 15 is 0 Å². The summed E-state index contributed by atoms with van der Waals surface area (Å²) in [5, 5.41) is 2.65. The number of benzene rings is 3. The largest absolute Gasteiger partial charge is 0.493 e.